The standard InChI is InChI=1S/C17H18Cl2N2O2/c1-12-13(18)7-4-8-15(12)21-17(22)20-10-5-11-23-16-9-3-2-6-14(16)19/h2-4,6-9H,5,10-11H2,1H3,(H2,20,21,22). The quantitative estimate of drug-likeness (QED) is 0.727. The summed E-state index contributed by atoms with van der Waals surface area (Å²) in [4.78, 5) is 11.8. The summed E-state index contributed by atoms with van der Waals surface area (Å²) in [5.41, 5.74) is 1.54. The van der Waals surface area contributed by atoms with Gasteiger partial charge in [0.2, 0.25) is 0 Å². The van der Waals surface area contributed by atoms with Gasteiger partial charge in [0.15, 0.2) is 0 Å². The van der Waals surface area contributed by atoms with Gasteiger partial charge >= 0.3 is 6.03 Å². The third-order valence-electron chi connectivity index (χ3n) is 3.22. The number of hydrogen-bond donors (Lipinski definition) is 2. The minimum absolute atomic E-state index is 0.270. The first-order valence-corrected chi connectivity index (χ1v) is 8.01. The van der Waals surface area contributed by atoms with Crippen molar-refractivity contribution in [1.82, 2.24) is 5.32 Å². The van der Waals surface area contributed by atoms with Crippen molar-refractivity contribution in [3.05, 3.63) is 58.1 Å². The molecule has 122 valence electrons. The van der Waals surface area contributed by atoms with E-state index >= 15 is 0 Å². The summed E-state index contributed by atoms with van der Waals surface area (Å²) < 4.78 is 5.55. The van der Waals surface area contributed by atoms with Crippen molar-refractivity contribution in [2.24, 2.45) is 0 Å². The topological polar surface area (TPSA) is 50.4 Å². The van der Waals surface area contributed by atoms with E-state index in [0.717, 1.165) is 5.56 Å². The molecular weight excluding hydrogens is 335 g/mol. The molecule has 0 spiro atoms. The highest BCUT2D eigenvalue weighted by molar-refractivity contribution is 6.32. The molecule has 4 nitrogen and oxygen atoms in total. The Balaban J connectivity index is 1.69. The number of benzene rings is 2. The maximum atomic E-state index is 11.8. The normalized spacial score (nSPS) is 10.2. The molecule has 0 unspecified atom stereocenters. The number of ether oxygens (including phenoxy) is 1. The molecule has 0 aliphatic carbocycles. The Kier molecular flexibility index (Phi) is 6.56. The first-order valence-electron chi connectivity index (χ1n) is 7.25. The van der Waals surface area contributed by atoms with Crippen LogP contribution in [0, 0.1) is 6.92 Å². The molecule has 0 aromatic heterocycles. The maximum Gasteiger partial charge on any atom is 0.319 e. The van der Waals surface area contributed by atoms with E-state index in [1.54, 1.807) is 24.3 Å². The summed E-state index contributed by atoms with van der Waals surface area (Å²) in [6.07, 6.45) is 0.674. The van der Waals surface area contributed by atoms with E-state index < -0.39 is 0 Å². The molecule has 0 atom stereocenters. The van der Waals surface area contributed by atoms with Crippen molar-refractivity contribution in [2.75, 3.05) is 18.5 Å². The summed E-state index contributed by atoms with van der Waals surface area (Å²) in [6.45, 7) is 2.82. The first-order chi connectivity index (χ1) is 11.1. The Bertz CT molecular complexity index is 677. The number of hydrogen-bond acceptors (Lipinski definition) is 2. The van der Waals surface area contributed by atoms with Gasteiger partial charge in [-0.2, -0.15) is 0 Å². The van der Waals surface area contributed by atoms with Crippen LogP contribution in [0.5, 0.6) is 5.75 Å². The van der Waals surface area contributed by atoms with Gasteiger partial charge in [0, 0.05) is 17.3 Å². The molecule has 0 fully saturated rings. The van der Waals surface area contributed by atoms with Crippen molar-refractivity contribution in [1.29, 1.82) is 0 Å². The molecule has 0 saturated carbocycles. The summed E-state index contributed by atoms with van der Waals surface area (Å²) in [5.74, 6) is 0.646. The number of carbonyl (C=O) groups excluding carboxylic acids is 1. The van der Waals surface area contributed by atoms with E-state index in [1.807, 2.05) is 25.1 Å². The zero-order valence-corrected chi connectivity index (χ0v) is 14.2. The summed E-state index contributed by atoms with van der Waals surface area (Å²) in [6, 6.07) is 12.4. The SMILES string of the molecule is Cc1c(Cl)cccc1NC(=O)NCCCOc1ccccc1Cl. The van der Waals surface area contributed by atoms with Crippen LogP contribution in [0.1, 0.15) is 12.0 Å². The Morgan fingerprint density at radius 3 is 2.61 bits per heavy atom. The highest BCUT2D eigenvalue weighted by Crippen LogP contribution is 2.23. The van der Waals surface area contributed by atoms with Crippen LogP contribution in [0.3, 0.4) is 0 Å². The van der Waals surface area contributed by atoms with Gasteiger partial charge in [-0.1, -0.05) is 41.4 Å². The number of anilines is 1. The molecule has 0 aliphatic heterocycles. The second-order valence-electron chi connectivity index (χ2n) is 4.93. The van der Waals surface area contributed by atoms with E-state index in [2.05, 4.69) is 10.6 Å². The zero-order chi connectivity index (χ0) is 16.7. The predicted octanol–water partition coefficient (Wildman–Crippen LogP) is 4.89. The molecule has 0 aliphatic rings. The first kappa shape index (κ1) is 17.4. The van der Waals surface area contributed by atoms with Crippen molar-refractivity contribution in [3.63, 3.8) is 0 Å². The second kappa shape index (κ2) is 8.65. The number of para-hydroxylation sites is 1. The smallest absolute Gasteiger partial charge is 0.319 e. The fourth-order valence-corrected chi connectivity index (χ4v) is 2.29. The van der Waals surface area contributed by atoms with Gasteiger partial charge in [0.05, 0.1) is 11.6 Å². The van der Waals surface area contributed by atoms with Crippen molar-refractivity contribution < 1.29 is 9.53 Å². The Labute approximate surface area is 145 Å². The fraction of sp³-hybridized carbons (Fsp3) is 0.235. The summed E-state index contributed by atoms with van der Waals surface area (Å²) in [5, 5.41) is 6.74. The molecule has 0 heterocycles. The molecule has 2 rings (SSSR count). The molecule has 23 heavy (non-hydrogen) atoms. The van der Waals surface area contributed by atoms with Crippen LogP contribution in [-0.4, -0.2) is 19.2 Å². The molecule has 0 radical (unpaired) electrons. The van der Waals surface area contributed by atoms with Gasteiger partial charge in [0.1, 0.15) is 5.75 Å². The van der Waals surface area contributed by atoms with Crippen LogP contribution >= 0.6 is 23.2 Å². The summed E-state index contributed by atoms with van der Waals surface area (Å²) >= 11 is 12.0. The maximum absolute atomic E-state index is 11.8. The predicted molar refractivity (Wildman–Crippen MR) is 94.8 cm³/mol. The molecule has 0 saturated heterocycles. The fourth-order valence-electron chi connectivity index (χ4n) is 1.93. The molecule has 2 amide bonds. The van der Waals surface area contributed by atoms with Gasteiger partial charge in [-0.3, -0.25) is 0 Å². The number of amides is 2. The number of nitrogens with one attached hydrogen (secondary N) is 2. The molecule has 6 heteroatoms. The number of rotatable bonds is 6. The highest BCUT2D eigenvalue weighted by atomic mass is 35.5. The lowest BCUT2D eigenvalue weighted by atomic mass is 10.2. The van der Waals surface area contributed by atoms with E-state index in [9.17, 15) is 4.79 Å². The summed E-state index contributed by atoms with van der Waals surface area (Å²) in [7, 11) is 0. The highest BCUT2D eigenvalue weighted by Gasteiger charge is 2.06. The van der Waals surface area contributed by atoms with E-state index in [-0.39, 0.29) is 6.03 Å². The monoisotopic (exact) mass is 352 g/mol. The van der Waals surface area contributed by atoms with Crippen LogP contribution in [0.15, 0.2) is 42.5 Å². The molecule has 2 N–H and O–H groups in total. The second-order valence-corrected chi connectivity index (χ2v) is 5.74. The number of urea groups is 1. The average molecular weight is 353 g/mol. The van der Waals surface area contributed by atoms with Crippen molar-refractivity contribution in [2.45, 2.75) is 13.3 Å². The molecule has 0 bridgehead atoms. The van der Waals surface area contributed by atoms with Crippen LogP contribution in [0.4, 0.5) is 10.5 Å². The van der Waals surface area contributed by atoms with Crippen LogP contribution < -0.4 is 15.4 Å². The molecule has 2 aromatic rings. The Hall–Kier alpha value is -1.91. The van der Waals surface area contributed by atoms with E-state index in [0.29, 0.717) is 41.1 Å². The van der Waals surface area contributed by atoms with Gasteiger partial charge < -0.3 is 15.4 Å². The number of carbonyl (C=O) groups is 1. The Morgan fingerprint density at radius 2 is 1.83 bits per heavy atom. The van der Waals surface area contributed by atoms with Gasteiger partial charge in [-0.05, 0) is 43.2 Å². The largest absolute Gasteiger partial charge is 0.492 e. The van der Waals surface area contributed by atoms with Crippen LogP contribution in [0.2, 0.25) is 10.0 Å². The van der Waals surface area contributed by atoms with Crippen molar-refractivity contribution in [3.8, 4) is 5.75 Å². The third-order valence-corrected chi connectivity index (χ3v) is 3.94. The van der Waals surface area contributed by atoms with E-state index in [1.165, 1.54) is 0 Å². The lowest BCUT2D eigenvalue weighted by molar-refractivity contribution is 0.250. The molecule has 2 aromatic carbocycles. The third kappa shape index (κ3) is 5.34. The lowest BCUT2D eigenvalue weighted by Gasteiger charge is -2.11. The minimum Gasteiger partial charge on any atom is -0.492 e. The number of halogens is 2. The Morgan fingerprint density at radius 1 is 1.09 bits per heavy atom. The van der Waals surface area contributed by atoms with Gasteiger partial charge in [-0.15, -0.1) is 0 Å². The van der Waals surface area contributed by atoms with Gasteiger partial charge in [0.25, 0.3) is 0 Å². The van der Waals surface area contributed by atoms with Crippen LogP contribution in [-0.2, 0) is 0 Å². The lowest BCUT2D eigenvalue weighted by Crippen LogP contribution is -2.30. The average Bonchev–Trinajstić information content (AvgIpc) is 2.53. The van der Waals surface area contributed by atoms with E-state index in [4.69, 9.17) is 27.9 Å². The molecular formula is C17H18Cl2N2O2. The van der Waals surface area contributed by atoms with Crippen molar-refractivity contribution >= 4 is 34.9 Å². The van der Waals surface area contributed by atoms with Gasteiger partial charge in [-0.25, -0.2) is 4.79 Å². The minimum atomic E-state index is -0.270. The zero-order valence-electron chi connectivity index (χ0n) is 12.7. The van der Waals surface area contributed by atoms with Crippen LogP contribution in [0.25, 0.3) is 0 Å².